The van der Waals surface area contributed by atoms with E-state index < -0.39 is 5.54 Å². The molecule has 0 aromatic heterocycles. The molecular formula is C16H19ClFNO2. The van der Waals surface area contributed by atoms with Gasteiger partial charge in [0.2, 0.25) is 5.91 Å². The summed E-state index contributed by atoms with van der Waals surface area (Å²) in [5.41, 5.74) is -0.0210. The Morgan fingerprint density at radius 2 is 2.14 bits per heavy atom. The van der Waals surface area contributed by atoms with Crippen LogP contribution in [0.3, 0.4) is 0 Å². The Kier molecular flexibility index (Phi) is 3.93. The highest BCUT2D eigenvalue weighted by Crippen LogP contribution is 2.51. The molecule has 1 aromatic rings. The number of hydrogen-bond donors (Lipinski definition) is 2. The van der Waals surface area contributed by atoms with Gasteiger partial charge in [0.05, 0.1) is 12.1 Å². The third-order valence-corrected chi connectivity index (χ3v) is 5.08. The van der Waals surface area contributed by atoms with E-state index in [1.54, 1.807) is 12.1 Å². The van der Waals surface area contributed by atoms with Gasteiger partial charge in [-0.15, -0.1) is 0 Å². The lowest BCUT2D eigenvalue weighted by Crippen LogP contribution is -2.49. The van der Waals surface area contributed by atoms with Gasteiger partial charge < -0.3 is 10.4 Å². The summed E-state index contributed by atoms with van der Waals surface area (Å²) in [5.74, 6) is -0.810. The fourth-order valence-electron chi connectivity index (χ4n) is 3.40. The largest absolute Gasteiger partial charge is 0.394 e. The molecule has 0 aliphatic heterocycles. The van der Waals surface area contributed by atoms with Crippen molar-refractivity contribution >= 4 is 17.5 Å². The van der Waals surface area contributed by atoms with Crippen molar-refractivity contribution < 1.29 is 14.3 Å². The van der Waals surface area contributed by atoms with Crippen molar-refractivity contribution in [3.8, 4) is 0 Å². The summed E-state index contributed by atoms with van der Waals surface area (Å²) < 4.78 is 13.9. The molecule has 3 rings (SSSR count). The molecular weight excluding hydrogens is 293 g/mol. The number of hydrogen-bond acceptors (Lipinski definition) is 2. The Morgan fingerprint density at radius 1 is 1.43 bits per heavy atom. The van der Waals surface area contributed by atoms with Crippen molar-refractivity contribution in [1.29, 1.82) is 0 Å². The van der Waals surface area contributed by atoms with Gasteiger partial charge in [-0.2, -0.15) is 0 Å². The molecule has 114 valence electrons. The maximum Gasteiger partial charge on any atom is 0.224 e. The molecule has 0 spiro atoms. The Morgan fingerprint density at radius 3 is 2.76 bits per heavy atom. The maximum absolute atomic E-state index is 13.9. The van der Waals surface area contributed by atoms with Crippen LogP contribution in [-0.2, 0) is 4.79 Å². The number of carbonyl (C=O) groups is 1. The Balaban J connectivity index is 1.69. The minimum Gasteiger partial charge on any atom is -0.394 e. The standard InChI is InChI=1S/C16H19ClFNO2/c17-12-4-3-5-13(18)14(12)10-8-11(10)15(21)19-16(9-20)6-1-2-7-16/h3-5,10-11,20H,1-2,6-9H2,(H,19,21). The van der Waals surface area contributed by atoms with Crippen LogP contribution >= 0.6 is 11.6 Å². The summed E-state index contributed by atoms with van der Waals surface area (Å²) in [7, 11) is 0. The summed E-state index contributed by atoms with van der Waals surface area (Å²) in [6.07, 6.45) is 4.29. The SMILES string of the molecule is O=C(NC1(CO)CCCC1)C1CC1c1c(F)cccc1Cl. The number of carbonyl (C=O) groups excluding carboxylic acids is 1. The average molecular weight is 312 g/mol. The second-order valence-electron chi connectivity index (χ2n) is 6.22. The van der Waals surface area contributed by atoms with E-state index >= 15 is 0 Å². The van der Waals surface area contributed by atoms with Gasteiger partial charge in [0.25, 0.3) is 0 Å². The molecule has 2 aliphatic rings. The lowest BCUT2D eigenvalue weighted by Gasteiger charge is -2.28. The predicted molar refractivity (Wildman–Crippen MR) is 78.7 cm³/mol. The van der Waals surface area contributed by atoms with Crippen molar-refractivity contribution in [2.75, 3.05) is 6.61 Å². The molecule has 3 nitrogen and oxygen atoms in total. The highest BCUT2D eigenvalue weighted by Gasteiger charge is 2.48. The van der Waals surface area contributed by atoms with Gasteiger partial charge in [0, 0.05) is 22.4 Å². The van der Waals surface area contributed by atoms with E-state index in [1.165, 1.54) is 6.07 Å². The van der Waals surface area contributed by atoms with Crippen molar-refractivity contribution in [2.24, 2.45) is 5.92 Å². The van der Waals surface area contributed by atoms with Crippen LogP contribution in [0.5, 0.6) is 0 Å². The topological polar surface area (TPSA) is 49.3 Å². The average Bonchev–Trinajstić information content (AvgIpc) is 3.10. The zero-order valence-corrected chi connectivity index (χ0v) is 12.5. The molecule has 0 radical (unpaired) electrons. The van der Waals surface area contributed by atoms with Crippen LogP contribution in [0, 0.1) is 11.7 Å². The first-order chi connectivity index (χ1) is 10.1. The molecule has 2 atom stereocenters. The van der Waals surface area contributed by atoms with Gasteiger partial charge in [-0.3, -0.25) is 4.79 Å². The number of benzene rings is 1. The zero-order valence-electron chi connectivity index (χ0n) is 11.7. The molecule has 2 aliphatic carbocycles. The van der Waals surface area contributed by atoms with Crippen LogP contribution in [0.1, 0.15) is 43.6 Å². The lowest BCUT2D eigenvalue weighted by atomic mass is 9.98. The summed E-state index contributed by atoms with van der Waals surface area (Å²) in [4.78, 5) is 12.3. The first kappa shape index (κ1) is 14.8. The number of halogens is 2. The smallest absolute Gasteiger partial charge is 0.224 e. The van der Waals surface area contributed by atoms with Crippen LogP contribution in [0.4, 0.5) is 4.39 Å². The quantitative estimate of drug-likeness (QED) is 0.898. The van der Waals surface area contributed by atoms with Crippen LogP contribution in [-0.4, -0.2) is 23.2 Å². The minimum atomic E-state index is -0.469. The van der Waals surface area contributed by atoms with Crippen molar-refractivity contribution in [3.63, 3.8) is 0 Å². The number of amides is 1. The highest BCUT2D eigenvalue weighted by molar-refractivity contribution is 6.31. The summed E-state index contributed by atoms with van der Waals surface area (Å²) >= 11 is 6.05. The van der Waals surface area contributed by atoms with E-state index in [2.05, 4.69) is 5.32 Å². The molecule has 0 saturated heterocycles. The second-order valence-corrected chi connectivity index (χ2v) is 6.63. The summed E-state index contributed by atoms with van der Waals surface area (Å²) in [6.45, 7) is -0.0312. The Hall–Kier alpha value is -1.13. The summed E-state index contributed by atoms with van der Waals surface area (Å²) in [5, 5.41) is 12.9. The van der Waals surface area contributed by atoms with Gasteiger partial charge in [0.1, 0.15) is 5.82 Å². The molecule has 2 N–H and O–H groups in total. The van der Waals surface area contributed by atoms with E-state index in [4.69, 9.17) is 11.6 Å². The van der Waals surface area contributed by atoms with Crippen LogP contribution in [0.2, 0.25) is 5.02 Å². The van der Waals surface area contributed by atoms with E-state index in [1.807, 2.05) is 0 Å². The molecule has 5 heteroatoms. The molecule has 21 heavy (non-hydrogen) atoms. The summed E-state index contributed by atoms with van der Waals surface area (Å²) in [6, 6.07) is 4.60. The molecule has 1 amide bonds. The van der Waals surface area contributed by atoms with E-state index in [0.29, 0.717) is 17.0 Å². The van der Waals surface area contributed by atoms with Gasteiger partial charge >= 0.3 is 0 Å². The predicted octanol–water partition coefficient (Wildman–Crippen LogP) is 3.00. The molecule has 0 heterocycles. The van der Waals surface area contributed by atoms with E-state index in [0.717, 1.165) is 25.7 Å². The van der Waals surface area contributed by atoms with Gasteiger partial charge in [-0.05, 0) is 31.4 Å². The Labute approximate surface area is 128 Å². The third kappa shape index (κ3) is 2.79. The van der Waals surface area contributed by atoms with E-state index in [9.17, 15) is 14.3 Å². The molecule has 0 bridgehead atoms. The highest BCUT2D eigenvalue weighted by atomic mass is 35.5. The minimum absolute atomic E-state index is 0.0312. The van der Waals surface area contributed by atoms with Gasteiger partial charge in [-0.25, -0.2) is 4.39 Å². The molecule has 1 aromatic carbocycles. The molecule has 2 unspecified atom stereocenters. The molecule has 2 fully saturated rings. The number of nitrogens with one attached hydrogen (secondary N) is 1. The van der Waals surface area contributed by atoms with Crippen LogP contribution in [0.15, 0.2) is 18.2 Å². The van der Waals surface area contributed by atoms with Gasteiger partial charge in [-0.1, -0.05) is 30.5 Å². The number of rotatable bonds is 4. The zero-order chi connectivity index (χ0) is 15.0. The van der Waals surface area contributed by atoms with Crippen LogP contribution < -0.4 is 5.32 Å². The first-order valence-electron chi connectivity index (χ1n) is 7.43. The van der Waals surface area contributed by atoms with Gasteiger partial charge in [0.15, 0.2) is 0 Å². The Bertz CT molecular complexity index is 537. The number of aliphatic hydroxyl groups excluding tert-OH is 1. The monoisotopic (exact) mass is 311 g/mol. The lowest BCUT2D eigenvalue weighted by molar-refractivity contribution is -0.124. The normalized spacial score (nSPS) is 26.6. The van der Waals surface area contributed by atoms with Crippen LogP contribution in [0.25, 0.3) is 0 Å². The second kappa shape index (κ2) is 5.58. The van der Waals surface area contributed by atoms with Crippen molar-refractivity contribution in [1.82, 2.24) is 5.32 Å². The third-order valence-electron chi connectivity index (χ3n) is 4.75. The molecule has 2 saturated carbocycles. The fraction of sp³-hybridized carbons (Fsp3) is 0.562. The van der Waals surface area contributed by atoms with E-state index in [-0.39, 0.29) is 30.2 Å². The first-order valence-corrected chi connectivity index (χ1v) is 7.81. The maximum atomic E-state index is 13.9. The van der Waals surface area contributed by atoms with Crippen molar-refractivity contribution in [2.45, 2.75) is 43.6 Å². The van der Waals surface area contributed by atoms with Crippen molar-refractivity contribution in [3.05, 3.63) is 34.6 Å². The fourth-order valence-corrected chi connectivity index (χ4v) is 3.70. The number of aliphatic hydroxyl groups is 1.